The number of phenolic OH excluding ortho intramolecular Hbond substituents is 2. The second kappa shape index (κ2) is 4.22. The lowest BCUT2D eigenvalue weighted by Crippen LogP contribution is -2.18. The Hall–Kier alpha value is -2.04. The molecule has 3 N–H and O–H groups in total. The molecule has 0 aromatic heterocycles. The molecule has 84 valence electrons. The molecular formula is C11H12N2O3. The quantitative estimate of drug-likeness (QED) is 0.403. The summed E-state index contributed by atoms with van der Waals surface area (Å²) in [6.45, 7) is 0. The molecule has 1 saturated carbocycles. The fraction of sp³-hybridized carbons (Fsp3) is 0.273. The van der Waals surface area contributed by atoms with Crippen molar-refractivity contribution in [3.05, 3.63) is 23.8 Å². The molecule has 1 aromatic rings. The summed E-state index contributed by atoms with van der Waals surface area (Å²) in [6.07, 6.45) is 3.28. The standard InChI is InChI=1S/C11H12N2O3/c14-9-4-1-7(5-10(9)15)6-12-13-11(16)8-2-3-8/h1,4-6,8,14-15H,2-3H2,(H,13,16)/b12-6+. The monoisotopic (exact) mass is 220 g/mol. The Morgan fingerprint density at radius 3 is 2.75 bits per heavy atom. The van der Waals surface area contributed by atoms with Crippen LogP contribution in [0.4, 0.5) is 0 Å². The van der Waals surface area contributed by atoms with E-state index in [1.54, 1.807) is 6.07 Å². The fourth-order valence-electron chi connectivity index (χ4n) is 1.23. The first kappa shape index (κ1) is 10.5. The third-order valence-electron chi connectivity index (χ3n) is 2.34. The Labute approximate surface area is 92.4 Å². The summed E-state index contributed by atoms with van der Waals surface area (Å²) >= 11 is 0. The Bertz CT molecular complexity index is 439. The minimum atomic E-state index is -0.211. The molecule has 0 atom stereocenters. The van der Waals surface area contributed by atoms with Gasteiger partial charge in [-0.25, -0.2) is 5.43 Å². The number of amides is 1. The first-order valence-corrected chi connectivity index (χ1v) is 5.02. The van der Waals surface area contributed by atoms with E-state index in [9.17, 15) is 9.90 Å². The first-order chi connectivity index (χ1) is 7.66. The molecule has 5 heteroatoms. The van der Waals surface area contributed by atoms with Crippen LogP contribution in [0.2, 0.25) is 0 Å². The van der Waals surface area contributed by atoms with Crippen LogP contribution in [0.3, 0.4) is 0 Å². The van der Waals surface area contributed by atoms with Crippen molar-refractivity contribution in [2.24, 2.45) is 11.0 Å². The third-order valence-corrected chi connectivity index (χ3v) is 2.34. The molecule has 5 nitrogen and oxygen atoms in total. The number of aromatic hydroxyl groups is 2. The number of hydrogen-bond acceptors (Lipinski definition) is 4. The van der Waals surface area contributed by atoms with Crippen LogP contribution in [0.5, 0.6) is 11.5 Å². The van der Waals surface area contributed by atoms with Crippen LogP contribution in [0.1, 0.15) is 18.4 Å². The van der Waals surface area contributed by atoms with Crippen molar-refractivity contribution in [2.45, 2.75) is 12.8 Å². The van der Waals surface area contributed by atoms with Gasteiger partial charge in [0.15, 0.2) is 11.5 Å². The number of benzene rings is 1. The number of carbonyl (C=O) groups excluding carboxylic acids is 1. The van der Waals surface area contributed by atoms with Gasteiger partial charge in [0, 0.05) is 5.92 Å². The van der Waals surface area contributed by atoms with Crippen LogP contribution in [0.25, 0.3) is 0 Å². The highest BCUT2D eigenvalue weighted by Gasteiger charge is 2.29. The lowest BCUT2D eigenvalue weighted by atomic mass is 10.2. The largest absolute Gasteiger partial charge is 0.504 e. The molecule has 1 fully saturated rings. The van der Waals surface area contributed by atoms with Gasteiger partial charge in [0.2, 0.25) is 5.91 Å². The van der Waals surface area contributed by atoms with Crippen molar-refractivity contribution in [3.63, 3.8) is 0 Å². The number of nitrogens with zero attached hydrogens (tertiary/aromatic N) is 1. The normalized spacial score (nSPS) is 15.2. The van der Waals surface area contributed by atoms with Crippen LogP contribution in [0, 0.1) is 5.92 Å². The summed E-state index contributed by atoms with van der Waals surface area (Å²) in [5.41, 5.74) is 3.02. The van der Waals surface area contributed by atoms with Crippen molar-refractivity contribution >= 4 is 12.1 Å². The van der Waals surface area contributed by atoms with Gasteiger partial charge >= 0.3 is 0 Å². The van der Waals surface area contributed by atoms with Gasteiger partial charge in [-0.05, 0) is 36.6 Å². The van der Waals surface area contributed by atoms with Gasteiger partial charge in [0.25, 0.3) is 0 Å². The molecule has 1 amide bonds. The van der Waals surface area contributed by atoms with E-state index in [2.05, 4.69) is 10.5 Å². The lowest BCUT2D eigenvalue weighted by Gasteiger charge is -1.98. The third kappa shape index (κ3) is 2.50. The number of nitrogens with one attached hydrogen (secondary N) is 1. The molecule has 0 spiro atoms. The highest BCUT2D eigenvalue weighted by Crippen LogP contribution is 2.28. The zero-order valence-electron chi connectivity index (χ0n) is 8.55. The van der Waals surface area contributed by atoms with Gasteiger partial charge in [-0.1, -0.05) is 0 Å². The molecule has 0 aliphatic heterocycles. The second-order valence-electron chi connectivity index (χ2n) is 3.76. The van der Waals surface area contributed by atoms with E-state index in [4.69, 9.17) is 5.11 Å². The van der Waals surface area contributed by atoms with Crippen molar-refractivity contribution in [3.8, 4) is 11.5 Å². The van der Waals surface area contributed by atoms with E-state index >= 15 is 0 Å². The maximum absolute atomic E-state index is 11.2. The molecule has 0 bridgehead atoms. The first-order valence-electron chi connectivity index (χ1n) is 5.02. The fourth-order valence-corrected chi connectivity index (χ4v) is 1.23. The highest BCUT2D eigenvalue weighted by molar-refractivity contribution is 5.84. The number of carbonyl (C=O) groups is 1. The molecule has 0 saturated heterocycles. The molecule has 0 radical (unpaired) electrons. The van der Waals surface area contributed by atoms with Crippen molar-refractivity contribution in [1.29, 1.82) is 0 Å². The highest BCUT2D eigenvalue weighted by atomic mass is 16.3. The van der Waals surface area contributed by atoms with E-state index in [0.717, 1.165) is 12.8 Å². The van der Waals surface area contributed by atoms with Gasteiger partial charge in [-0.2, -0.15) is 5.10 Å². The SMILES string of the molecule is O=C(N/N=C/c1ccc(O)c(O)c1)C1CC1. The average Bonchev–Trinajstić information content (AvgIpc) is 3.07. The van der Waals surface area contributed by atoms with Gasteiger partial charge in [0.1, 0.15) is 0 Å². The molecule has 1 aromatic carbocycles. The molecule has 2 rings (SSSR count). The number of hydrazone groups is 1. The van der Waals surface area contributed by atoms with E-state index in [1.807, 2.05) is 0 Å². The van der Waals surface area contributed by atoms with Crippen LogP contribution in [-0.4, -0.2) is 22.3 Å². The van der Waals surface area contributed by atoms with E-state index < -0.39 is 0 Å². The maximum atomic E-state index is 11.2. The van der Waals surface area contributed by atoms with E-state index in [-0.39, 0.29) is 23.3 Å². The summed E-state index contributed by atoms with van der Waals surface area (Å²) in [5, 5.41) is 22.0. The summed E-state index contributed by atoms with van der Waals surface area (Å²) in [4.78, 5) is 11.2. The lowest BCUT2D eigenvalue weighted by molar-refractivity contribution is -0.122. The minimum absolute atomic E-state index is 0.0701. The van der Waals surface area contributed by atoms with Crippen molar-refractivity contribution < 1.29 is 15.0 Å². The molecule has 1 aliphatic rings. The van der Waals surface area contributed by atoms with Gasteiger partial charge in [-0.15, -0.1) is 0 Å². The Kier molecular flexibility index (Phi) is 2.76. The van der Waals surface area contributed by atoms with Crippen LogP contribution in [0.15, 0.2) is 23.3 Å². The van der Waals surface area contributed by atoms with E-state index in [1.165, 1.54) is 18.3 Å². The minimum Gasteiger partial charge on any atom is -0.504 e. The molecule has 0 heterocycles. The molecule has 16 heavy (non-hydrogen) atoms. The molecule has 1 aliphatic carbocycles. The molecular weight excluding hydrogens is 208 g/mol. The van der Waals surface area contributed by atoms with Gasteiger partial charge in [-0.3, -0.25) is 4.79 Å². The van der Waals surface area contributed by atoms with Crippen molar-refractivity contribution in [2.75, 3.05) is 0 Å². The zero-order chi connectivity index (χ0) is 11.5. The van der Waals surface area contributed by atoms with Crippen LogP contribution >= 0.6 is 0 Å². The molecule has 0 unspecified atom stereocenters. The summed E-state index contributed by atoms with van der Waals surface area (Å²) < 4.78 is 0. The average molecular weight is 220 g/mol. The maximum Gasteiger partial charge on any atom is 0.243 e. The second-order valence-corrected chi connectivity index (χ2v) is 3.76. The smallest absolute Gasteiger partial charge is 0.243 e. The van der Waals surface area contributed by atoms with Crippen LogP contribution < -0.4 is 5.43 Å². The van der Waals surface area contributed by atoms with Crippen molar-refractivity contribution in [1.82, 2.24) is 5.43 Å². The topological polar surface area (TPSA) is 81.9 Å². The zero-order valence-corrected chi connectivity index (χ0v) is 8.55. The summed E-state index contributed by atoms with van der Waals surface area (Å²) in [6, 6.07) is 4.31. The Morgan fingerprint density at radius 2 is 2.12 bits per heavy atom. The van der Waals surface area contributed by atoms with Gasteiger partial charge < -0.3 is 10.2 Å². The van der Waals surface area contributed by atoms with E-state index in [0.29, 0.717) is 5.56 Å². The number of rotatable bonds is 3. The van der Waals surface area contributed by atoms with Gasteiger partial charge in [0.05, 0.1) is 6.21 Å². The van der Waals surface area contributed by atoms with Crippen LogP contribution in [-0.2, 0) is 4.79 Å². The summed E-state index contributed by atoms with van der Waals surface area (Å²) in [7, 11) is 0. The predicted molar refractivity (Wildman–Crippen MR) is 58.2 cm³/mol. The number of hydrogen-bond donors (Lipinski definition) is 3. The summed E-state index contributed by atoms with van der Waals surface area (Å²) in [5.74, 6) is -0.346. The predicted octanol–water partition coefficient (Wildman–Crippen LogP) is 0.958. The number of phenols is 2. The Balaban J connectivity index is 1.94. The Morgan fingerprint density at radius 1 is 1.38 bits per heavy atom.